The van der Waals surface area contributed by atoms with Crippen molar-refractivity contribution in [1.82, 2.24) is 5.32 Å². The number of ketones is 1. The highest BCUT2D eigenvalue weighted by molar-refractivity contribution is 5.85. The Morgan fingerprint density at radius 3 is 2.69 bits per heavy atom. The molecule has 0 aromatic carbocycles. The Morgan fingerprint density at radius 1 is 1.46 bits per heavy atom. The second-order valence-corrected chi connectivity index (χ2v) is 4.38. The summed E-state index contributed by atoms with van der Waals surface area (Å²) in [7, 11) is 1.86. The van der Waals surface area contributed by atoms with Crippen molar-refractivity contribution in [2.24, 2.45) is 11.8 Å². The highest BCUT2D eigenvalue weighted by Gasteiger charge is 2.27. The highest BCUT2D eigenvalue weighted by Crippen LogP contribution is 2.29. The smallest absolute Gasteiger partial charge is 0.152 e. The summed E-state index contributed by atoms with van der Waals surface area (Å²) < 4.78 is 0. The van der Waals surface area contributed by atoms with E-state index in [-0.39, 0.29) is 6.04 Å². The van der Waals surface area contributed by atoms with Crippen molar-refractivity contribution in [2.75, 3.05) is 7.05 Å². The molecule has 0 saturated heterocycles. The molecule has 0 amide bonds. The number of rotatable bonds is 3. The first-order chi connectivity index (χ1) is 6.15. The van der Waals surface area contributed by atoms with E-state index in [0.29, 0.717) is 11.7 Å². The molecule has 2 heteroatoms. The Bertz CT molecular complexity index is 179. The van der Waals surface area contributed by atoms with Crippen molar-refractivity contribution in [3.63, 3.8) is 0 Å². The van der Waals surface area contributed by atoms with Crippen LogP contribution in [0.25, 0.3) is 0 Å². The zero-order chi connectivity index (χ0) is 9.84. The number of carbonyl (C=O) groups is 1. The molecule has 3 atom stereocenters. The van der Waals surface area contributed by atoms with Crippen LogP contribution in [-0.4, -0.2) is 18.9 Å². The van der Waals surface area contributed by atoms with Gasteiger partial charge in [0.15, 0.2) is 5.78 Å². The quantitative estimate of drug-likeness (QED) is 0.725. The van der Waals surface area contributed by atoms with Gasteiger partial charge >= 0.3 is 0 Å². The molecule has 1 rings (SSSR count). The van der Waals surface area contributed by atoms with Gasteiger partial charge in [-0.15, -0.1) is 0 Å². The molecule has 1 aliphatic rings. The fraction of sp³-hybridized carbons (Fsp3) is 0.909. The monoisotopic (exact) mass is 183 g/mol. The van der Waals surface area contributed by atoms with Crippen LogP contribution in [0.1, 0.15) is 39.5 Å². The predicted molar refractivity (Wildman–Crippen MR) is 54.7 cm³/mol. The fourth-order valence-electron chi connectivity index (χ4n) is 2.19. The number of nitrogens with one attached hydrogen (secondary N) is 1. The van der Waals surface area contributed by atoms with Gasteiger partial charge in [-0.2, -0.15) is 0 Å². The molecule has 2 nitrogen and oxygen atoms in total. The van der Waals surface area contributed by atoms with Crippen LogP contribution in [0.3, 0.4) is 0 Å². The third kappa shape index (κ3) is 2.80. The van der Waals surface area contributed by atoms with Crippen LogP contribution in [0.2, 0.25) is 0 Å². The average molecular weight is 183 g/mol. The lowest BCUT2D eigenvalue weighted by atomic mass is 9.79. The molecular weight excluding hydrogens is 162 g/mol. The number of Topliss-reactive ketones (excluding diaryl/α,β-unsaturated/α-hetero) is 1. The van der Waals surface area contributed by atoms with Crippen molar-refractivity contribution in [3.05, 3.63) is 0 Å². The van der Waals surface area contributed by atoms with Gasteiger partial charge in [0.1, 0.15) is 0 Å². The van der Waals surface area contributed by atoms with Gasteiger partial charge < -0.3 is 5.32 Å². The van der Waals surface area contributed by atoms with Gasteiger partial charge in [0, 0.05) is 5.92 Å². The molecule has 0 aliphatic heterocycles. The van der Waals surface area contributed by atoms with Crippen molar-refractivity contribution in [1.29, 1.82) is 0 Å². The van der Waals surface area contributed by atoms with Gasteiger partial charge in [-0.05, 0) is 32.7 Å². The van der Waals surface area contributed by atoms with E-state index in [0.717, 1.165) is 18.8 Å². The zero-order valence-corrected chi connectivity index (χ0v) is 8.97. The van der Waals surface area contributed by atoms with Gasteiger partial charge in [0.2, 0.25) is 0 Å². The summed E-state index contributed by atoms with van der Waals surface area (Å²) >= 11 is 0. The summed E-state index contributed by atoms with van der Waals surface area (Å²) in [6.07, 6.45) is 4.74. The highest BCUT2D eigenvalue weighted by atomic mass is 16.1. The van der Waals surface area contributed by atoms with Gasteiger partial charge in [-0.3, -0.25) is 4.79 Å². The van der Waals surface area contributed by atoms with Crippen LogP contribution in [0, 0.1) is 11.8 Å². The zero-order valence-electron chi connectivity index (χ0n) is 8.97. The molecule has 1 aliphatic carbocycles. The molecule has 76 valence electrons. The lowest BCUT2D eigenvalue weighted by Crippen LogP contribution is -2.37. The Balaban J connectivity index is 2.46. The van der Waals surface area contributed by atoms with Crippen LogP contribution < -0.4 is 5.32 Å². The van der Waals surface area contributed by atoms with Gasteiger partial charge in [0.25, 0.3) is 0 Å². The van der Waals surface area contributed by atoms with Gasteiger partial charge in [-0.1, -0.05) is 19.8 Å². The fourth-order valence-corrected chi connectivity index (χ4v) is 2.19. The topological polar surface area (TPSA) is 29.1 Å². The minimum absolute atomic E-state index is 0.0373. The maximum Gasteiger partial charge on any atom is 0.152 e. The molecule has 0 bridgehead atoms. The van der Waals surface area contributed by atoms with Crippen molar-refractivity contribution in [3.8, 4) is 0 Å². The number of carbonyl (C=O) groups excluding carboxylic acids is 1. The molecule has 2 unspecified atom stereocenters. The minimum atomic E-state index is 0.0373. The molecule has 0 spiro atoms. The SMILES string of the molecule is CN[C@@H](C)C(=O)C1CCCC(C)C1. The van der Waals surface area contributed by atoms with Crippen LogP contribution in [0.4, 0.5) is 0 Å². The first kappa shape index (κ1) is 10.7. The van der Waals surface area contributed by atoms with Gasteiger partial charge in [0.05, 0.1) is 6.04 Å². The summed E-state index contributed by atoms with van der Waals surface area (Å²) in [5, 5.41) is 3.03. The van der Waals surface area contributed by atoms with E-state index in [2.05, 4.69) is 12.2 Å². The Hall–Kier alpha value is -0.370. The molecule has 0 radical (unpaired) electrons. The second-order valence-electron chi connectivity index (χ2n) is 4.38. The van der Waals surface area contributed by atoms with Crippen LogP contribution in [-0.2, 0) is 4.79 Å². The Kier molecular flexibility index (Phi) is 3.91. The molecular formula is C11H21NO. The summed E-state index contributed by atoms with van der Waals surface area (Å²) in [6.45, 7) is 4.21. The van der Waals surface area contributed by atoms with E-state index in [1.165, 1.54) is 12.8 Å². The molecule has 0 heterocycles. The molecule has 0 aromatic heterocycles. The van der Waals surface area contributed by atoms with Crippen LogP contribution >= 0.6 is 0 Å². The normalized spacial score (nSPS) is 31.3. The molecule has 1 saturated carbocycles. The van der Waals surface area contributed by atoms with Crippen molar-refractivity contribution >= 4 is 5.78 Å². The molecule has 13 heavy (non-hydrogen) atoms. The number of hydrogen-bond donors (Lipinski definition) is 1. The van der Waals surface area contributed by atoms with Crippen LogP contribution in [0.5, 0.6) is 0 Å². The molecule has 0 aromatic rings. The molecule has 1 N–H and O–H groups in total. The number of hydrogen-bond acceptors (Lipinski definition) is 2. The standard InChI is InChI=1S/C11H21NO/c1-8-5-4-6-10(7-8)11(13)9(2)12-3/h8-10,12H,4-7H2,1-3H3/t8?,9-,10?/m0/s1. The van der Waals surface area contributed by atoms with E-state index in [9.17, 15) is 4.79 Å². The van der Waals surface area contributed by atoms with Gasteiger partial charge in [-0.25, -0.2) is 0 Å². The van der Waals surface area contributed by atoms with E-state index < -0.39 is 0 Å². The van der Waals surface area contributed by atoms with Crippen molar-refractivity contribution in [2.45, 2.75) is 45.6 Å². The average Bonchev–Trinajstić information content (AvgIpc) is 2.15. The predicted octanol–water partition coefficient (Wildman–Crippen LogP) is 1.99. The maximum absolute atomic E-state index is 11.8. The number of likely N-dealkylation sites (N-methyl/N-ethyl adjacent to an activating group) is 1. The second kappa shape index (κ2) is 4.75. The van der Waals surface area contributed by atoms with Crippen LogP contribution in [0.15, 0.2) is 0 Å². The van der Waals surface area contributed by atoms with Crippen molar-refractivity contribution < 1.29 is 4.79 Å². The summed E-state index contributed by atoms with van der Waals surface area (Å²) in [4.78, 5) is 11.8. The third-order valence-electron chi connectivity index (χ3n) is 3.20. The summed E-state index contributed by atoms with van der Waals surface area (Å²) in [5.41, 5.74) is 0. The summed E-state index contributed by atoms with van der Waals surface area (Å²) in [6, 6.07) is 0.0373. The third-order valence-corrected chi connectivity index (χ3v) is 3.20. The largest absolute Gasteiger partial charge is 0.311 e. The molecule has 1 fully saturated rings. The first-order valence-electron chi connectivity index (χ1n) is 5.36. The Labute approximate surface area is 81.1 Å². The van der Waals surface area contributed by atoms with E-state index in [1.807, 2.05) is 14.0 Å². The van der Waals surface area contributed by atoms with E-state index in [1.54, 1.807) is 0 Å². The van der Waals surface area contributed by atoms with E-state index in [4.69, 9.17) is 0 Å². The first-order valence-corrected chi connectivity index (χ1v) is 5.36. The lowest BCUT2D eigenvalue weighted by Gasteiger charge is -2.27. The lowest BCUT2D eigenvalue weighted by molar-refractivity contribution is -0.125. The van der Waals surface area contributed by atoms with E-state index >= 15 is 0 Å². The Morgan fingerprint density at radius 2 is 2.15 bits per heavy atom. The summed E-state index contributed by atoms with van der Waals surface area (Å²) in [5.74, 6) is 1.48. The maximum atomic E-state index is 11.8. The minimum Gasteiger partial charge on any atom is -0.311 e.